The van der Waals surface area contributed by atoms with Gasteiger partial charge in [-0.3, -0.25) is 4.79 Å². The number of carbonyl (C=O) groups excluding carboxylic acids is 1. The van der Waals surface area contributed by atoms with E-state index in [2.05, 4.69) is 10.6 Å². The molecule has 1 aromatic carbocycles. The van der Waals surface area contributed by atoms with Gasteiger partial charge >= 0.3 is 0 Å². The van der Waals surface area contributed by atoms with Gasteiger partial charge < -0.3 is 15.4 Å². The van der Waals surface area contributed by atoms with E-state index >= 15 is 0 Å². The zero-order valence-electron chi connectivity index (χ0n) is 11.8. The molecule has 0 bridgehead atoms. The SMILES string of the molecule is CCC(C)(C)NC(=O)CNc1cc(OC)ccc1F. The predicted molar refractivity (Wildman–Crippen MR) is 74.0 cm³/mol. The number of rotatable bonds is 6. The Morgan fingerprint density at radius 2 is 2.11 bits per heavy atom. The van der Waals surface area contributed by atoms with E-state index in [0.29, 0.717) is 5.75 Å². The van der Waals surface area contributed by atoms with Crippen molar-refractivity contribution < 1.29 is 13.9 Å². The molecule has 1 amide bonds. The molecule has 0 atom stereocenters. The number of amides is 1. The summed E-state index contributed by atoms with van der Waals surface area (Å²) in [7, 11) is 1.51. The van der Waals surface area contributed by atoms with Crippen LogP contribution in [0.1, 0.15) is 27.2 Å². The normalized spacial score (nSPS) is 11.0. The lowest BCUT2D eigenvalue weighted by Crippen LogP contribution is -2.45. The van der Waals surface area contributed by atoms with E-state index in [9.17, 15) is 9.18 Å². The van der Waals surface area contributed by atoms with Crippen molar-refractivity contribution in [1.82, 2.24) is 5.32 Å². The van der Waals surface area contributed by atoms with Crippen molar-refractivity contribution in [3.63, 3.8) is 0 Å². The number of methoxy groups -OCH3 is 1. The van der Waals surface area contributed by atoms with Gasteiger partial charge in [0.25, 0.3) is 0 Å². The molecule has 0 aliphatic carbocycles. The molecule has 0 aromatic heterocycles. The molecule has 0 saturated carbocycles. The van der Waals surface area contributed by atoms with Crippen molar-refractivity contribution in [2.24, 2.45) is 0 Å². The van der Waals surface area contributed by atoms with Crippen molar-refractivity contribution in [2.75, 3.05) is 19.0 Å². The van der Waals surface area contributed by atoms with Crippen LogP contribution in [-0.2, 0) is 4.79 Å². The maximum absolute atomic E-state index is 13.5. The Balaban J connectivity index is 2.59. The first-order valence-electron chi connectivity index (χ1n) is 6.26. The summed E-state index contributed by atoms with van der Waals surface area (Å²) in [5, 5.41) is 5.64. The summed E-state index contributed by atoms with van der Waals surface area (Å²) in [5.41, 5.74) is -0.00473. The van der Waals surface area contributed by atoms with Gasteiger partial charge in [0.05, 0.1) is 19.3 Å². The summed E-state index contributed by atoms with van der Waals surface area (Å²) in [6.45, 7) is 5.90. The maximum Gasteiger partial charge on any atom is 0.239 e. The van der Waals surface area contributed by atoms with E-state index in [1.165, 1.54) is 25.3 Å². The molecule has 2 N–H and O–H groups in total. The van der Waals surface area contributed by atoms with Gasteiger partial charge in [-0.05, 0) is 32.4 Å². The molecule has 1 aromatic rings. The lowest BCUT2D eigenvalue weighted by Gasteiger charge is -2.24. The number of benzene rings is 1. The van der Waals surface area contributed by atoms with E-state index in [1.54, 1.807) is 0 Å². The van der Waals surface area contributed by atoms with Crippen LogP contribution in [0.15, 0.2) is 18.2 Å². The van der Waals surface area contributed by atoms with Crippen molar-refractivity contribution in [3.05, 3.63) is 24.0 Å². The lowest BCUT2D eigenvalue weighted by atomic mass is 10.0. The predicted octanol–water partition coefficient (Wildman–Crippen LogP) is 2.55. The highest BCUT2D eigenvalue weighted by atomic mass is 19.1. The second kappa shape index (κ2) is 6.41. The number of ether oxygens (including phenoxy) is 1. The smallest absolute Gasteiger partial charge is 0.239 e. The third kappa shape index (κ3) is 4.77. The Kier molecular flexibility index (Phi) is 5.15. The second-order valence-electron chi connectivity index (χ2n) is 4.98. The fourth-order valence-corrected chi connectivity index (χ4v) is 1.45. The Morgan fingerprint density at radius 1 is 1.42 bits per heavy atom. The number of hydrogen-bond acceptors (Lipinski definition) is 3. The average Bonchev–Trinajstić information content (AvgIpc) is 2.37. The first kappa shape index (κ1) is 15.3. The third-order valence-electron chi connectivity index (χ3n) is 2.97. The van der Waals surface area contributed by atoms with Gasteiger partial charge in [0.15, 0.2) is 0 Å². The summed E-state index contributed by atoms with van der Waals surface area (Å²) in [6.07, 6.45) is 0.826. The Labute approximate surface area is 113 Å². The summed E-state index contributed by atoms with van der Waals surface area (Å²) < 4.78 is 18.5. The van der Waals surface area contributed by atoms with Crippen LogP contribution in [0, 0.1) is 5.82 Å². The summed E-state index contributed by atoms with van der Waals surface area (Å²) >= 11 is 0. The average molecular weight is 268 g/mol. The standard InChI is InChI=1S/C14H21FN2O2/c1-5-14(2,3)17-13(18)9-16-12-8-10(19-4)6-7-11(12)15/h6-8,16H,5,9H2,1-4H3,(H,17,18). The van der Waals surface area contributed by atoms with E-state index in [-0.39, 0.29) is 23.7 Å². The van der Waals surface area contributed by atoms with Crippen molar-refractivity contribution >= 4 is 11.6 Å². The molecule has 19 heavy (non-hydrogen) atoms. The first-order valence-corrected chi connectivity index (χ1v) is 6.26. The van der Waals surface area contributed by atoms with Crippen LogP contribution < -0.4 is 15.4 Å². The van der Waals surface area contributed by atoms with Gasteiger partial charge in [-0.15, -0.1) is 0 Å². The van der Waals surface area contributed by atoms with Gasteiger partial charge in [-0.2, -0.15) is 0 Å². The highest BCUT2D eigenvalue weighted by Gasteiger charge is 2.17. The van der Waals surface area contributed by atoms with E-state index in [1.807, 2.05) is 20.8 Å². The van der Waals surface area contributed by atoms with Gasteiger partial charge in [-0.1, -0.05) is 6.92 Å². The van der Waals surface area contributed by atoms with Crippen molar-refractivity contribution in [1.29, 1.82) is 0 Å². The minimum Gasteiger partial charge on any atom is -0.497 e. The van der Waals surface area contributed by atoms with Crippen LogP contribution in [0.25, 0.3) is 0 Å². The molecule has 0 aliphatic heterocycles. The molecule has 5 heteroatoms. The van der Waals surface area contributed by atoms with Gasteiger partial charge in [0.2, 0.25) is 5.91 Å². The van der Waals surface area contributed by atoms with Crippen LogP contribution in [0.2, 0.25) is 0 Å². The monoisotopic (exact) mass is 268 g/mol. The van der Waals surface area contributed by atoms with Gasteiger partial charge in [0, 0.05) is 11.6 Å². The number of halogens is 1. The summed E-state index contributed by atoms with van der Waals surface area (Å²) in [5.74, 6) is -0.0457. The van der Waals surface area contributed by atoms with Crippen molar-refractivity contribution in [2.45, 2.75) is 32.7 Å². The maximum atomic E-state index is 13.5. The fraction of sp³-hybridized carbons (Fsp3) is 0.500. The zero-order chi connectivity index (χ0) is 14.5. The zero-order valence-corrected chi connectivity index (χ0v) is 11.8. The molecular formula is C14H21FN2O2. The van der Waals surface area contributed by atoms with Crippen LogP contribution >= 0.6 is 0 Å². The number of carbonyl (C=O) groups is 1. The number of nitrogens with one attached hydrogen (secondary N) is 2. The molecule has 0 heterocycles. The fourth-order valence-electron chi connectivity index (χ4n) is 1.45. The minimum absolute atomic E-state index is 0.0213. The van der Waals surface area contributed by atoms with Gasteiger partial charge in [-0.25, -0.2) is 4.39 Å². The molecule has 0 unspecified atom stereocenters. The van der Waals surface area contributed by atoms with E-state index < -0.39 is 5.82 Å². The summed E-state index contributed by atoms with van der Waals surface area (Å²) in [4.78, 5) is 11.7. The Bertz CT molecular complexity index is 447. The van der Waals surface area contributed by atoms with Crippen LogP contribution in [0.4, 0.5) is 10.1 Å². The van der Waals surface area contributed by atoms with Gasteiger partial charge in [0.1, 0.15) is 11.6 Å². The third-order valence-corrected chi connectivity index (χ3v) is 2.97. The Hall–Kier alpha value is -1.78. The molecule has 106 valence electrons. The van der Waals surface area contributed by atoms with Crippen LogP contribution in [0.5, 0.6) is 5.75 Å². The summed E-state index contributed by atoms with van der Waals surface area (Å²) in [6, 6.07) is 4.35. The second-order valence-corrected chi connectivity index (χ2v) is 4.98. The minimum atomic E-state index is -0.414. The molecule has 1 rings (SSSR count). The lowest BCUT2D eigenvalue weighted by molar-refractivity contribution is -0.121. The molecule has 0 saturated heterocycles. The topological polar surface area (TPSA) is 50.4 Å². The van der Waals surface area contributed by atoms with Crippen molar-refractivity contribution in [3.8, 4) is 5.75 Å². The molecule has 0 radical (unpaired) electrons. The molecule has 4 nitrogen and oxygen atoms in total. The molecule has 0 fully saturated rings. The van der Waals surface area contributed by atoms with Crippen LogP contribution in [0.3, 0.4) is 0 Å². The molecule has 0 aliphatic rings. The highest BCUT2D eigenvalue weighted by molar-refractivity contribution is 5.81. The van der Waals surface area contributed by atoms with E-state index in [0.717, 1.165) is 6.42 Å². The largest absolute Gasteiger partial charge is 0.497 e. The molecule has 0 spiro atoms. The highest BCUT2D eigenvalue weighted by Crippen LogP contribution is 2.20. The first-order chi connectivity index (χ1) is 8.88. The van der Waals surface area contributed by atoms with E-state index in [4.69, 9.17) is 4.74 Å². The van der Waals surface area contributed by atoms with Crippen LogP contribution in [-0.4, -0.2) is 25.1 Å². The number of hydrogen-bond donors (Lipinski definition) is 2. The quantitative estimate of drug-likeness (QED) is 0.833. The molecular weight excluding hydrogens is 247 g/mol. The number of anilines is 1. The Morgan fingerprint density at radius 3 is 2.68 bits per heavy atom.